The van der Waals surface area contributed by atoms with Gasteiger partial charge in [0.2, 0.25) is 5.91 Å². The van der Waals surface area contributed by atoms with E-state index >= 15 is 0 Å². The van der Waals surface area contributed by atoms with E-state index < -0.39 is 5.82 Å². The van der Waals surface area contributed by atoms with Crippen molar-refractivity contribution in [3.05, 3.63) is 24.0 Å². The highest BCUT2D eigenvalue weighted by atomic mass is 19.1. The molecule has 1 aromatic rings. The number of nitrogens with one attached hydrogen (secondary N) is 1. The Labute approximate surface area is 123 Å². The largest absolute Gasteiger partial charge is 0.397 e. The maximum absolute atomic E-state index is 13.2. The fraction of sp³-hybridized carbons (Fsp3) is 0.533. The zero-order chi connectivity index (χ0) is 14.8. The SMILES string of the molecule is Nc1ccc(F)cc1NC(=O)CN1CCOC2CCCC21. The molecular formula is C15H20FN3O2. The number of nitrogen functional groups attached to an aromatic ring is 1. The van der Waals surface area contributed by atoms with Gasteiger partial charge in [-0.25, -0.2) is 4.39 Å². The molecular weight excluding hydrogens is 273 g/mol. The van der Waals surface area contributed by atoms with Crippen LogP contribution in [0.1, 0.15) is 19.3 Å². The minimum atomic E-state index is -0.415. The van der Waals surface area contributed by atoms with Gasteiger partial charge in [-0.15, -0.1) is 0 Å². The molecule has 1 aromatic carbocycles. The van der Waals surface area contributed by atoms with Gasteiger partial charge in [0.1, 0.15) is 5.82 Å². The molecule has 2 unspecified atom stereocenters. The lowest BCUT2D eigenvalue weighted by atomic mass is 10.1. The predicted octanol–water partition coefficient (Wildman–Crippen LogP) is 1.60. The molecule has 2 atom stereocenters. The second-order valence-electron chi connectivity index (χ2n) is 5.66. The van der Waals surface area contributed by atoms with Gasteiger partial charge in [0.25, 0.3) is 0 Å². The standard InChI is InChI=1S/C15H20FN3O2/c16-10-4-5-11(17)12(8-10)18-15(20)9-19-6-7-21-14-3-1-2-13(14)19/h4-5,8,13-14H,1-3,6-7,9,17H2,(H,18,20). The molecule has 5 nitrogen and oxygen atoms in total. The van der Waals surface area contributed by atoms with Gasteiger partial charge in [-0.3, -0.25) is 9.69 Å². The zero-order valence-electron chi connectivity index (χ0n) is 11.8. The topological polar surface area (TPSA) is 67.6 Å². The quantitative estimate of drug-likeness (QED) is 0.831. The number of halogens is 1. The lowest BCUT2D eigenvalue weighted by Gasteiger charge is -2.37. The van der Waals surface area contributed by atoms with E-state index in [0.29, 0.717) is 30.6 Å². The lowest BCUT2D eigenvalue weighted by Crippen LogP contribution is -2.51. The van der Waals surface area contributed by atoms with Crippen LogP contribution in [-0.4, -0.2) is 42.6 Å². The summed E-state index contributed by atoms with van der Waals surface area (Å²) in [6, 6.07) is 4.29. The van der Waals surface area contributed by atoms with Crippen molar-refractivity contribution in [2.75, 3.05) is 30.7 Å². The van der Waals surface area contributed by atoms with Gasteiger partial charge in [0, 0.05) is 12.6 Å². The number of anilines is 2. The first-order chi connectivity index (χ1) is 10.1. The summed E-state index contributed by atoms with van der Waals surface area (Å²) in [4.78, 5) is 14.3. The third-order valence-electron chi connectivity index (χ3n) is 4.23. The van der Waals surface area contributed by atoms with Gasteiger partial charge in [-0.2, -0.15) is 0 Å². The molecule has 21 heavy (non-hydrogen) atoms. The Bertz CT molecular complexity index is 538. The van der Waals surface area contributed by atoms with Crippen LogP contribution < -0.4 is 11.1 Å². The molecule has 3 rings (SSSR count). The monoisotopic (exact) mass is 293 g/mol. The van der Waals surface area contributed by atoms with E-state index in [9.17, 15) is 9.18 Å². The normalized spacial score (nSPS) is 25.6. The maximum Gasteiger partial charge on any atom is 0.238 e. The molecule has 1 heterocycles. The molecule has 114 valence electrons. The van der Waals surface area contributed by atoms with Crippen LogP contribution >= 0.6 is 0 Å². The number of amides is 1. The molecule has 0 spiro atoms. The second kappa shape index (κ2) is 5.99. The summed E-state index contributed by atoms with van der Waals surface area (Å²) in [6.45, 7) is 1.71. The minimum Gasteiger partial charge on any atom is -0.397 e. The summed E-state index contributed by atoms with van der Waals surface area (Å²) >= 11 is 0. The average molecular weight is 293 g/mol. The third-order valence-corrected chi connectivity index (χ3v) is 4.23. The van der Waals surface area contributed by atoms with Crippen molar-refractivity contribution >= 4 is 17.3 Å². The van der Waals surface area contributed by atoms with E-state index in [1.165, 1.54) is 18.2 Å². The summed E-state index contributed by atoms with van der Waals surface area (Å²) < 4.78 is 18.9. The van der Waals surface area contributed by atoms with Crippen molar-refractivity contribution in [3.63, 3.8) is 0 Å². The highest BCUT2D eigenvalue weighted by Crippen LogP contribution is 2.29. The van der Waals surface area contributed by atoms with Crippen molar-refractivity contribution in [1.82, 2.24) is 4.90 Å². The summed E-state index contributed by atoms with van der Waals surface area (Å²) in [7, 11) is 0. The molecule has 1 amide bonds. The Kier molecular flexibility index (Phi) is 4.07. The zero-order valence-corrected chi connectivity index (χ0v) is 11.8. The van der Waals surface area contributed by atoms with Crippen molar-refractivity contribution < 1.29 is 13.9 Å². The first-order valence-corrected chi connectivity index (χ1v) is 7.34. The summed E-state index contributed by atoms with van der Waals surface area (Å²) in [5.41, 5.74) is 6.44. The number of rotatable bonds is 3. The van der Waals surface area contributed by atoms with Gasteiger partial charge in [-0.1, -0.05) is 0 Å². The van der Waals surface area contributed by atoms with Crippen molar-refractivity contribution in [2.24, 2.45) is 0 Å². The predicted molar refractivity (Wildman–Crippen MR) is 78.4 cm³/mol. The number of carbonyl (C=O) groups is 1. The number of nitrogens with zero attached hydrogens (tertiary/aromatic N) is 1. The number of hydrogen-bond acceptors (Lipinski definition) is 4. The first kappa shape index (κ1) is 14.3. The molecule has 1 aliphatic heterocycles. The number of morpholine rings is 1. The number of ether oxygens (including phenoxy) is 1. The van der Waals surface area contributed by atoms with E-state index in [0.717, 1.165) is 25.8 Å². The second-order valence-corrected chi connectivity index (χ2v) is 5.66. The first-order valence-electron chi connectivity index (χ1n) is 7.34. The van der Waals surface area contributed by atoms with Crippen molar-refractivity contribution in [1.29, 1.82) is 0 Å². The lowest BCUT2D eigenvalue weighted by molar-refractivity contribution is -0.121. The van der Waals surface area contributed by atoms with Crippen LogP contribution in [0.5, 0.6) is 0 Å². The highest BCUT2D eigenvalue weighted by Gasteiger charge is 2.36. The van der Waals surface area contributed by atoms with Crippen LogP contribution in [0.15, 0.2) is 18.2 Å². The molecule has 3 N–H and O–H groups in total. The number of nitrogens with two attached hydrogens (primary N) is 1. The highest BCUT2D eigenvalue weighted by molar-refractivity contribution is 5.95. The number of hydrogen-bond donors (Lipinski definition) is 2. The van der Waals surface area contributed by atoms with Crippen LogP contribution in [0.2, 0.25) is 0 Å². The maximum atomic E-state index is 13.2. The number of carbonyl (C=O) groups excluding carboxylic acids is 1. The van der Waals surface area contributed by atoms with Crippen LogP contribution in [0.4, 0.5) is 15.8 Å². The smallest absolute Gasteiger partial charge is 0.238 e. The molecule has 1 aliphatic carbocycles. The minimum absolute atomic E-state index is 0.167. The van der Waals surface area contributed by atoms with E-state index in [4.69, 9.17) is 10.5 Å². The molecule has 0 bridgehead atoms. The Balaban J connectivity index is 1.62. The van der Waals surface area contributed by atoms with Gasteiger partial charge in [0.05, 0.1) is 30.6 Å². The van der Waals surface area contributed by atoms with E-state index in [1.807, 2.05) is 0 Å². The van der Waals surface area contributed by atoms with Crippen LogP contribution in [0.25, 0.3) is 0 Å². The van der Waals surface area contributed by atoms with Crippen LogP contribution in [0.3, 0.4) is 0 Å². The van der Waals surface area contributed by atoms with Crippen molar-refractivity contribution in [2.45, 2.75) is 31.4 Å². The van der Waals surface area contributed by atoms with E-state index in [2.05, 4.69) is 10.2 Å². The molecule has 0 radical (unpaired) electrons. The Hall–Kier alpha value is -1.66. The van der Waals surface area contributed by atoms with Crippen LogP contribution in [-0.2, 0) is 9.53 Å². The molecule has 1 saturated heterocycles. The molecule has 0 aromatic heterocycles. The fourth-order valence-corrected chi connectivity index (χ4v) is 3.21. The number of fused-ring (bicyclic) bond motifs is 1. The molecule has 6 heteroatoms. The third kappa shape index (κ3) is 3.16. The summed E-state index contributed by atoms with van der Waals surface area (Å²) in [5, 5.41) is 2.69. The van der Waals surface area contributed by atoms with E-state index in [-0.39, 0.29) is 12.0 Å². The summed E-state index contributed by atoms with van der Waals surface area (Å²) in [6.07, 6.45) is 3.54. The van der Waals surface area contributed by atoms with Crippen molar-refractivity contribution in [3.8, 4) is 0 Å². The van der Waals surface area contributed by atoms with Gasteiger partial charge < -0.3 is 15.8 Å². The molecule has 2 aliphatic rings. The molecule has 1 saturated carbocycles. The van der Waals surface area contributed by atoms with Gasteiger partial charge in [-0.05, 0) is 37.5 Å². The Morgan fingerprint density at radius 1 is 1.48 bits per heavy atom. The van der Waals surface area contributed by atoms with E-state index in [1.54, 1.807) is 0 Å². The van der Waals surface area contributed by atoms with Gasteiger partial charge in [0.15, 0.2) is 0 Å². The van der Waals surface area contributed by atoms with Gasteiger partial charge >= 0.3 is 0 Å². The van der Waals surface area contributed by atoms with Crippen LogP contribution in [0, 0.1) is 5.82 Å². The summed E-state index contributed by atoms with van der Waals surface area (Å²) in [5.74, 6) is -0.582. The average Bonchev–Trinajstić information content (AvgIpc) is 2.92. The number of benzene rings is 1. The molecule has 2 fully saturated rings. The Morgan fingerprint density at radius 3 is 3.19 bits per heavy atom. The fourth-order valence-electron chi connectivity index (χ4n) is 3.21. The Morgan fingerprint density at radius 2 is 2.33 bits per heavy atom.